The first-order valence-corrected chi connectivity index (χ1v) is 6.02. The molecule has 0 heterocycles. The number of Topliss-reactive ketones (excluding diaryl/α,β-unsaturated/α-hetero) is 1. The van der Waals surface area contributed by atoms with Crippen LogP contribution in [0.4, 0.5) is 0 Å². The first kappa shape index (κ1) is 11.4. The Morgan fingerprint density at radius 1 is 1.50 bits per heavy atom. The fraction of sp³-hybridized carbons (Fsp3) is 0.643. The lowest BCUT2D eigenvalue weighted by Crippen LogP contribution is -2.42. The summed E-state index contributed by atoms with van der Waals surface area (Å²) in [6.07, 6.45) is 5.20. The van der Waals surface area contributed by atoms with Crippen LogP contribution < -0.4 is 0 Å². The summed E-state index contributed by atoms with van der Waals surface area (Å²) in [4.78, 5) is 12.4. The Morgan fingerprint density at radius 3 is 2.81 bits per heavy atom. The van der Waals surface area contributed by atoms with E-state index in [1.807, 2.05) is 13.0 Å². The highest BCUT2D eigenvalue weighted by Crippen LogP contribution is 2.50. The molecule has 2 heteroatoms. The standard InChI is InChI=1S/C14H20O2/c1-9-8-12(16-4)11-7-5-6-10(2)14(11,3)13(9)15/h8,10H,5-7H2,1-4H3/t10-,14+/m0/s1. The predicted octanol–water partition coefficient (Wildman–Crippen LogP) is 3.24. The molecule has 0 aromatic heterocycles. The fourth-order valence-electron chi connectivity index (χ4n) is 3.11. The summed E-state index contributed by atoms with van der Waals surface area (Å²) < 4.78 is 5.44. The van der Waals surface area contributed by atoms with E-state index in [1.54, 1.807) is 7.11 Å². The van der Waals surface area contributed by atoms with Crippen LogP contribution in [0.25, 0.3) is 0 Å². The molecule has 0 saturated heterocycles. The van der Waals surface area contributed by atoms with Gasteiger partial charge in [0.2, 0.25) is 0 Å². The second-order valence-electron chi connectivity index (χ2n) is 5.20. The van der Waals surface area contributed by atoms with E-state index < -0.39 is 0 Å². The van der Waals surface area contributed by atoms with Crippen LogP contribution in [0.2, 0.25) is 0 Å². The van der Waals surface area contributed by atoms with E-state index in [2.05, 4.69) is 13.8 Å². The average Bonchev–Trinajstić information content (AvgIpc) is 2.27. The number of rotatable bonds is 1. The maximum atomic E-state index is 12.4. The minimum absolute atomic E-state index is 0.288. The van der Waals surface area contributed by atoms with E-state index in [-0.39, 0.29) is 11.2 Å². The van der Waals surface area contributed by atoms with Crippen molar-refractivity contribution in [3.8, 4) is 0 Å². The Hall–Kier alpha value is -1.05. The molecule has 0 aliphatic heterocycles. The van der Waals surface area contributed by atoms with Crippen molar-refractivity contribution in [1.82, 2.24) is 0 Å². The summed E-state index contributed by atoms with van der Waals surface area (Å²) in [6, 6.07) is 0. The van der Waals surface area contributed by atoms with Crippen LogP contribution in [0.5, 0.6) is 0 Å². The molecule has 0 unspecified atom stereocenters. The molecular formula is C14H20O2. The molecule has 2 nitrogen and oxygen atoms in total. The highest BCUT2D eigenvalue weighted by atomic mass is 16.5. The Bertz CT molecular complexity index is 390. The topological polar surface area (TPSA) is 26.3 Å². The van der Waals surface area contributed by atoms with E-state index in [0.29, 0.717) is 5.92 Å². The summed E-state index contributed by atoms with van der Waals surface area (Å²) >= 11 is 0. The zero-order valence-electron chi connectivity index (χ0n) is 10.6. The summed E-state index contributed by atoms with van der Waals surface area (Å²) in [5.74, 6) is 1.62. The first-order valence-electron chi connectivity index (χ1n) is 6.02. The van der Waals surface area contributed by atoms with Crippen molar-refractivity contribution in [2.24, 2.45) is 11.3 Å². The second-order valence-corrected chi connectivity index (χ2v) is 5.20. The minimum atomic E-state index is -0.317. The molecule has 0 N–H and O–H groups in total. The monoisotopic (exact) mass is 220 g/mol. The van der Waals surface area contributed by atoms with E-state index in [0.717, 1.165) is 24.2 Å². The predicted molar refractivity (Wildman–Crippen MR) is 63.9 cm³/mol. The van der Waals surface area contributed by atoms with E-state index in [9.17, 15) is 4.79 Å². The molecule has 0 aromatic carbocycles. The second kappa shape index (κ2) is 3.76. The maximum absolute atomic E-state index is 12.4. The summed E-state index contributed by atoms with van der Waals surface area (Å²) in [6.45, 7) is 6.16. The van der Waals surface area contributed by atoms with Gasteiger partial charge in [-0.05, 0) is 56.3 Å². The third-order valence-corrected chi connectivity index (χ3v) is 4.37. The van der Waals surface area contributed by atoms with Crippen molar-refractivity contribution in [3.63, 3.8) is 0 Å². The number of hydrogen-bond acceptors (Lipinski definition) is 2. The number of methoxy groups -OCH3 is 1. The lowest BCUT2D eigenvalue weighted by atomic mass is 9.59. The minimum Gasteiger partial charge on any atom is -0.497 e. The van der Waals surface area contributed by atoms with Gasteiger partial charge in [-0.2, -0.15) is 0 Å². The van der Waals surface area contributed by atoms with Gasteiger partial charge in [-0.25, -0.2) is 0 Å². The lowest BCUT2D eigenvalue weighted by molar-refractivity contribution is -0.125. The van der Waals surface area contributed by atoms with Crippen LogP contribution >= 0.6 is 0 Å². The molecule has 0 amide bonds. The zero-order chi connectivity index (χ0) is 11.9. The molecule has 16 heavy (non-hydrogen) atoms. The van der Waals surface area contributed by atoms with Crippen molar-refractivity contribution in [2.75, 3.05) is 7.11 Å². The SMILES string of the molecule is COC1=C2CCC[C@H](C)[C@@]2(C)C(=O)C(C)=C1. The third kappa shape index (κ3) is 1.35. The Kier molecular flexibility index (Phi) is 2.69. The van der Waals surface area contributed by atoms with Crippen LogP contribution in [0.1, 0.15) is 40.0 Å². The zero-order valence-corrected chi connectivity index (χ0v) is 10.6. The van der Waals surface area contributed by atoms with E-state index in [4.69, 9.17) is 4.74 Å². The van der Waals surface area contributed by atoms with Gasteiger partial charge in [0, 0.05) is 0 Å². The average molecular weight is 220 g/mol. The summed E-state index contributed by atoms with van der Waals surface area (Å²) in [7, 11) is 1.70. The van der Waals surface area contributed by atoms with Gasteiger partial charge >= 0.3 is 0 Å². The Labute approximate surface area is 97.4 Å². The molecular weight excluding hydrogens is 200 g/mol. The molecule has 0 radical (unpaired) electrons. The van der Waals surface area contributed by atoms with E-state index in [1.165, 1.54) is 12.0 Å². The molecule has 1 saturated carbocycles. The summed E-state index contributed by atoms with van der Waals surface area (Å²) in [5.41, 5.74) is 1.73. The molecule has 88 valence electrons. The Balaban J connectivity index is 2.58. The number of ketones is 1. The van der Waals surface area contributed by atoms with Gasteiger partial charge in [-0.1, -0.05) is 6.92 Å². The molecule has 2 aliphatic rings. The maximum Gasteiger partial charge on any atom is 0.169 e. The quantitative estimate of drug-likeness (QED) is 0.678. The van der Waals surface area contributed by atoms with Gasteiger partial charge in [0.1, 0.15) is 5.76 Å². The highest BCUT2D eigenvalue weighted by molar-refractivity contribution is 6.03. The van der Waals surface area contributed by atoms with Crippen LogP contribution in [-0.2, 0) is 9.53 Å². The first-order chi connectivity index (χ1) is 7.51. The number of ether oxygens (including phenoxy) is 1. The van der Waals surface area contributed by atoms with Crippen LogP contribution in [0, 0.1) is 11.3 Å². The number of hydrogen-bond donors (Lipinski definition) is 0. The van der Waals surface area contributed by atoms with Crippen molar-refractivity contribution >= 4 is 5.78 Å². The molecule has 2 atom stereocenters. The smallest absolute Gasteiger partial charge is 0.169 e. The number of allylic oxidation sites excluding steroid dienone is 3. The van der Waals surface area contributed by atoms with Crippen molar-refractivity contribution in [3.05, 3.63) is 23.0 Å². The van der Waals surface area contributed by atoms with Gasteiger partial charge in [-0.15, -0.1) is 0 Å². The number of carbonyl (C=O) groups excluding carboxylic acids is 1. The highest BCUT2D eigenvalue weighted by Gasteiger charge is 2.47. The van der Waals surface area contributed by atoms with Crippen molar-refractivity contribution in [1.29, 1.82) is 0 Å². The van der Waals surface area contributed by atoms with E-state index >= 15 is 0 Å². The lowest BCUT2D eigenvalue weighted by Gasteiger charge is -2.43. The van der Waals surface area contributed by atoms with Gasteiger partial charge in [0.25, 0.3) is 0 Å². The van der Waals surface area contributed by atoms with Gasteiger partial charge < -0.3 is 4.74 Å². The molecule has 2 aliphatic carbocycles. The van der Waals surface area contributed by atoms with Crippen molar-refractivity contribution in [2.45, 2.75) is 40.0 Å². The number of carbonyl (C=O) groups is 1. The molecule has 0 spiro atoms. The normalized spacial score (nSPS) is 34.6. The molecule has 0 bridgehead atoms. The number of fused-ring (bicyclic) bond motifs is 1. The van der Waals surface area contributed by atoms with Gasteiger partial charge in [0.15, 0.2) is 5.78 Å². The summed E-state index contributed by atoms with van der Waals surface area (Å²) in [5, 5.41) is 0. The van der Waals surface area contributed by atoms with Crippen LogP contribution in [-0.4, -0.2) is 12.9 Å². The third-order valence-electron chi connectivity index (χ3n) is 4.37. The molecule has 2 rings (SSSR count). The largest absolute Gasteiger partial charge is 0.497 e. The van der Waals surface area contributed by atoms with Gasteiger partial charge in [0.05, 0.1) is 12.5 Å². The van der Waals surface area contributed by atoms with Crippen LogP contribution in [0.3, 0.4) is 0 Å². The van der Waals surface area contributed by atoms with Crippen molar-refractivity contribution < 1.29 is 9.53 Å². The molecule has 0 aromatic rings. The Morgan fingerprint density at radius 2 is 2.19 bits per heavy atom. The van der Waals surface area contributed by atoms with Gasteiger partial charge in [-0.3, -0.25) is 4.79 Å². The van der Waals surface area contributed by atoms with Crippen LogP contribution in [0.15, 0.2) is 23.0 Å². The fourth-order valence-corrected chi connectivity index (χ4v) is 3.11. The molecule has 1 fully saturated rings.